The summed E-state index contributed by atoms with van der Waals surface area (Å²) in [5.41, 5.74) is 0. The maximum atomic E-state index is 5.97. The van der Waals surface area contributed by atoms with Gasteiger partial charge in [-0.2, -0.15) is 0 Å². The molecule has 1 N–H and O–H groups in total. The Morgan fingerprint density at radius 2 is 2.15 bits per heavy atom. The first-order valence-corrected chi connectivity index (χ1v) is 8.78. The van der Waals surface area contributed by atoms with Gasteiger partial charge in [0.25, 0.3) is 0 Å². The Balaban J connectivity index is 1.89. The van der Waals surface area contributed by atoms with E-state index in [2.05, 4.69) is 31.0 Å². The van der Waals surface area contributed by atoms with Gasteiger partial charge in [-0.05, 0) is 38.0 Å². The zero-order valence-corrected chi connectivity index (χ0v) is 13.7. The van der Waals surface area contributed by atoms with Gasteiger partial charge in [0.15, 0.2) is 0 Å². The number of nitrogens with one attached hydrogen (secondary N) is 1. The molecule has 2 aliphatic rings. The normalized spacial score (nSPS) is 32.7. The fourth-order valence-electron chi connectivity index (χ4n) is 3.68. The van der Waals surface area contributed by atoms with Crippen molar-refractivity contribution in [3.8, 4) is 0 Å². The summed E-state index contributed by atoms with van der Waals surface area (Å²) in [5, 5.41) is 3.76. The monoisotopic (exact) mass is 282 g/mol. The topological polar surface area (TPSA) is 24.5 Å². The van der Waals surface area contributed by atoms with Gasteiger partial charge >= 0.3 is 0 Å². The maximum Gasteiger partial charge on any atom is 0.0702 e. The van der Waals surface area contributed by atoms with E-state index in [1.807, 2.05) is 0 Å². The maximum absolute atomic E-state index is 5.97. The predicted molar refractivity (Wildman–Crippen MR) is 85.1 cm³/mol. The van der Waals surface area contributed by atoms with Crippen LogP contribution in [-0.2, 0) is 4.74 Å². The Morgan fingerprint density at radius 3 is 2.80 bits per heavy atom. The number of hydrogen-bond acceptors (Lipinski definition) is 3. The van der Waals surface area contributed by atoms with Crippen LogP contribution in [0.15, 0.2) is 0 Å². The van der Waals surface area contributed by atoms with Crippen molar-refractivity contribution in [2.45, 2.75) is 77.5 Å². The predicted octanol–water partition coefficient (Wildman–Crippen LogP) is 3.04. The molecule has 0 aromatic heterocycles. The summed E-state index contributed by atoms with van der Waals surface area (Å²) in [6, 6.07) is 1.39. The minimum absolute atomic E-state index is 0.485. The van der Waals surface area contributed by atoms with Crippen LogP contribution in [0.2, 0.25) is 0 Å². The van der Waals surface area contributed by atoms with Crippen molar-refractivity contribution in [1.82, 2.24) is 10.2 Å². The molecule has 0 aromatic carbocycles. The molecule has 0 spiro atoms. The lowest BCUT2D eigenvalue weighted by Gasteiger charge is -2.43. The largest absolute Gasteiger partial charge is 0.377 e. The molecule has 0 amide bonds. The van der Waals surface area contributed by atoms with E-state index in [1.165, 1.54) is 45.1 Å². The molecule has 0 aliphatic carbocycles. The van der Waals surface area contributed by atoms with Crippen LogP contribution in [0.5, 0.6) is 0 Å². The van der Waals surface area contributed by atoms with Crippen LogP contribution in [0.4, 0.5) is 0 Å². The Hall–Kier alpha value is -0.120. The number of piperazine rings is 1. The lowest BCUT2D eigenvalue weighted by atomic mass is 9.96. The van der Waals surface area contributed by atoms with Crippen LogP contribution < -0.4 is 5.32 Å². The first-order chi connectivity index (χ1) is 9.69. The van der Waals surface area contributed by atoms with E-state index in [4.69, 9.17) is 4.74 Å². The number of nitrogens with zero attached hydrogens (tertiary/aromatic N) is 1. The summed E-state index contributed by atoms with van der Waals surface area (Å²) >= 11 is 0. The Labute approximate surface area is 125 Å². The fourth-order valence-corrected chi connectivity index (χ4v) is 3.68. The van der Waals surface area contributed by atoms with Crippen LogP contribution in [-0.4, -0.2) is 49.3 Å². The number of ether oxygens (including phenoxy) is 1. The molecule has 2 fully saturated rings. The van der Waals surface area contributed by atoms with Crippen LogP contribution in [0, 0.1) is 5.92 Å². The van der Waals surface area contributed by atoms with E-state index < -0.39 is 0 Å². The van der Waals surface area contributed by atoms with Gasteiger partial charge in [-0.15, -0.1) is 0 Å². The average molecular weight is 282 g/mol. The van der Waals surface area contributed by atoms with E-state index in [0.717, 1.165) is 25.6 Å². The van der Waals surface area contributed by atoms with E-state index in [-0.39, 0.29) is 0 Å². The molecular formula is C17H34N2O. The average Bonchev–Trinajstić information content (AvgIpc) is 2.43. The molecule has 0 bridgehead atoms. The third-order valence-electron chi connectivity index (χ3n) is 4.71. The van der Waals surface area contributed by atoms with Gasteiger partial charge in [0, 0.05) is 38.3 Å². The smallest absolute Gasteiger partial charge is 0.0702 e. The highest BCUT2D eigenvalue weighted by molar-refractivity contribution is 4.88. The summed E-state index contributed by atoms with van der Waals surface area (Å²) in [5.74, 6) is 0.777. The van der Waals surface area contributed by atoms with Crippen LogP contribution in [0.1, 0.15) is 59.3 Å². The molecule has 2 saturated heterocycles. The molecule has 3 heteroatoms. The van der Waals surface area contributed by atoms with Gasteiger partial charge in [-0.25, -0.2) is 0 Å². The third-order valence-corrected chi connectivity index (χ3v) is 4.71. The molecule has 3 atom stereocenters. The second-order valence-corrected chi connectivity index (χ2v) is 7.12. The first kappa shape index (κ1) is 16.3. The minimum atomic E-state index is 0.485. The minimum Gasteiger partial charge on any atom is -0.377 e. The molecule has 20 heavy (non-hydrogen) atoms. The highest BCUT2D eigenvalue weighted by Crippen LogP contribution is 2.21. The Kier molecular flexibility index (Phi) is 6.79. The van der Waals surface area contributed by atoms with Crippen molar-refractivity contribution in [3.05, 3.63) is 0 Å². The summed E-state index contributed by atoms with van der Waals surface area (Å²) in [4.78, 5) is 2.73. The summed E-state index contributed by atoms with van der Waals surface area (Å²) in [7, 11) is 0. The van der Waals surface area contributed by atoms with Crippen molar-refractivity contribution in [3.63, 3.8) is 0 Å². The second kappa shape index (κ2) is 8.35. The number of hydrogen-bond donors (Lipinski definition) is 1. The molecule has 2 rings (SSSR count). The first-order valence-electron chi connectivity index (χ1n) is 8.78. The molecule has 0 aromatic rings. The van der Waals surface area contributed by atoms with Gasteiger partial charge in [-0.3, -0.25) is 4.90 Å². The number of rotatable bonds is 6. The van der Waals surface area contributed by atoms with Gasteiger partial charge in [0.05, 0.1) is 6.10 Å². The van der Waals surface area contributed by atoms with Crippen molar-refractivity contribution >= 4 is 0 Å². The van der Waals surface area contributed by atoms with Crippen molar-refractivity contribution in [1.29, 1.82) is 0 Å². The second-order valence-electron chi connectivity index (χ2n) is 7.12. The molecule has 2 aliphatic heterocycles. The van der Waals surface area contributed by atoms with Crippen molar-refractivity contribution in [2.75, 3.05) is 26.2 Å². The summed E-state index contributed by atoms with van der Waals surface area (Å²) < 4.78 is 5.97. The molecule has 3 unspecified atom stereocenters. The van der Waals surface area contributed by atoms with Crippen molar-refractivity contribution in [2.24, 2.45) is 5.92 Å². The van der Waals surface area contributed by atoms with Crippen molar-refractivity contribution < 1.29 is 4.74 Å². The lowest BCUT2D eigenvalue weighted by molar-refractivity contribution is -0.0238. The fraction of sp³-hybridized carbons (Fsp3) is 1.00. The Bertz CT molecular complexity index is 264. The molecule has 3 nitrogen and oxygen atoms in total. The third kappa shape index (κ3) is 5.01. The molecule has 0 radical (unpaired) electrons. The van der Waals surface area contributed by atoms with Crippen LogP contribution >= 0.6 is 0 Å². The van der Waals surface area contributed by atoms with Gasteiger partial charge in [0.2, 0.25) is 0 Å². The molecule has 2 heterocycles. The quantitative estimate of drug-likeness (QED) is 0.810. The Morgan fingerprint density at radius 1 is 1.30 bits per heavy atom. The van der Waals surface area contributed by atoms with E-state index in [1.54, 1.807) is 0 Å². The highest BCUT2D eigenvalue weighted by atomic mass is 16.5. The summed E-state index contributed by atoms with van der Waals surface area (Å²) in [6.45, 7) is 11.5. The van der Waals surface area contributed by atoms with E-state index in [9.17, 15) is 0 Å². The highest BCUT2D eigenvalue weighted by Gasteiger charge is 2.30. The zero-order valence-electron chi connectivity index (χ0n) is 13.7. The van der Waals surface area contributed by atoms with E-state index >= 15 is 0 Å². The van der Waals surface area contributed by atoms with Gasteiger partial charge in [0.1, 0.15) is 0 Å². The molecule has 0 saturated carbocycles. The van der Waals surface area contributed by atoms with Crippen LogP contribution in [0.3, 0.4) is 0 Å². The summed E-state index contributed by atoms with van der Waals surface area (Å²) in [6.07, 6.45) is 8.24. The molecule has 118 valence electrons. The lowest BCUT2D eigenvalue weighted by Crippen LogP contribution is -2.58. The van der Waals surface area contributed by atoms with Gasteiger partial charge in [-0.1, -0.05) is 27.2 Å². The zero-order chi connectivity index (χ0) is 14.4. The standard InChI is InChI=1S/C17H34N2O/c1-4-7-15-12-19(13-17-8-5-6-9-20-17)16(11-18-15)10-14(2)3/h14-18H,4-13H2,1-3H3. The molecular weight excluding hydrogens is 248 g/mol. The van der Waals surface area contributed by atoms with E-state index in [0.29, 0.717) is 18.2 Å². The van der Waals surface area contributed by atoms with Gasteiger partial charge < -0.3 is 10.1 Å². The SMILES string of the molecule is CCCC1CN(CC2CCCCO2)C(CC(C)C)CN1. The van der Waals surface area contributed by atoms with Crippen LogP contribution in [0.25, 0.3) is 0 Å².